The van der Waals surface area contributed by atoms with Crippen LogP contribution < -0.4 is 4.74 Å². The summed E-state index contributed by atoms with van der Waals surface area (Å²) in [6, 6.07) is 0.624. The zero-order valence-electron chi connectivity index (χ0n) is 16.8. The molecule has 2 aliphatic rings. The lowest BCUT2D eigenvalue weighted by molar-refractivity contribution is 0.108. The zero-order valence-corrected chi connectivity index (χ0v) is 18.5. The van der Waals surface area contributed by atoms with Crippen molar-refractivity contribution in [3.63, 3.8) is 0 Å². The van der Waals surface area contributed by atoms with Crippen molar-refractivity contribution in [1.29, 1.82) is 0 Å². The summed E-state index contributed by atoms with van der Waals surface area (Å²) in [4.78, 5) is 13.4. The van der Waals surface area contributed by atoms with Crippen LogP contribution in [0.2, 0.25) is 0 Å². The first-order valence-electron chi connectivity index (χ1n) is 10.2. The molecule has 2 heterocycles. The Balaban J connectivity index is 1.61. The number of rotatable bonds is 6. The largest absolute Gasteiger partial charge is 0.474 e. The van der Waals surface area contributed by atoms with Crippen LogP contribution in [0.5, 0.6) is 5.88 Å². The Hall–Kier alpha value is -1.25. The second kappa shape index (κ2) is 7.88. The Labute approximate surface area is 171 Å². The van der Waals surface area contributed by atoms with Crippen LogP contribution in [0.15, 0.2) is 6.33 Å². The first kappa shape index (κ1) is 20.0. The maximum atomic E-state index is 12.2. The predicted molar refractivity (Wildman–Crippen MR) is 113 cm³/mol. The molecule has 2 aromatic heterocycles. The lowest BCUT2D eigenvalue weighted by atomic mass is 9.92. The molecule has 1 unspecified atom stereocenters. The summed E-state index contributed by atoms with van der Waals surface area (Å²) in [5.74, 6) is 1.09. The minimum absolute atomic E-state index is 0.0338. The molecule has 8 heteroatoms. The minimum Gasteiger partial charge on any atom is -0.474 e. The maximum Gasteiger partial charge on any atom is 0.225 e. The summed E-state index contributed by atoms with van der Waals surface area (Å²) in [5, 5.41) is 0.964. The monoisotopic (exact) mass is 423 g/mol. The van der Waals surface area contributed by atoms with Gasteiger partial charge >= 0.3 is 0 Å². The molecular weight excluding hydrogens is 394 g/mol. The van der Waals surface area contributed by atoms with E-state index in [-0.39, 0.29) is 23.5 Å². The van der Waals surface area contributed by atoms with Gasteiger partial charge in [-0.3, -0.25) is 0 Å². The molecule has 6 nitrogen and oxygen atoms in total. The number of fused-ring (bicyclic) bond motifs is 3. The molecule has 0 radical (unpaired) electrons. The van der Waals surface area contributed by atoms with Crippen molar-refractivity contribution in [1.82, 2.24) is 14.9 Å². The summed E-state index contributed by atoms with van der Waals surface area (Å²) < 4.78 is 30.9. The van der Waals surface area contributed by atoms with E-state index in [1.165, 1.54) is 4.88 Å². The molecule has 1 fully saturated rings. The van der Waals surface area contributed by atoms with Crippen molar-refractivity contribution in [2.75, 3.05) is 25.6 Å². The zero-order chi connectivity index (χ0) is 19.9. The summed E-state index contributed by atoms with van der Waals surface area (Å²) in [5.41, 5.74) is 1.13. The maximum absolute atomic E-state index is 12.2. The van der Waals surface area contributed by atoms with Gasteiger partial charge in [-0.05, 0) is 58.2 Å². The number of hydrogen-bond donors (Lipinski definition) is 0. The van der Waals surface area contributed by atoms with Crippen LogP contribution >= 0.6 is 11.3 Å². The van der Waals surface area contributed by atoms with E-state index in [1.807, 2.05) is 0 Å². The number of hydrogen-bond acceptors (Lipinski definition) is 7. The second-order valence-corrected chi connectivity index (χ2v) is 11.7. The normalized spacial score (nSPS) is 25.4. The van der Waals surface area contributed by atoms with Crippen LogP contribution in [0.3, 0.4) is 0 Å². The summed E-state index contributed by atoms with van der Waals surface area (Å²) in [6.07, 6.45) is 7.86. The number of ether oxygens (including phenoxy) is 1. The van der Waals surface area contributed by atoms with Gasteiger partial charge in [0.1, 0.15) is 17.3 Å². The Kier molecular flexibility index (Phi) is 5.64. The molecule has 2 aromatic rings. The quantitative estimate of drug-likeness (QED) is 0.709. The molecule has 0 saturated heterocycles. The molecule has 0 amide bonds. The summed E-state index contributed by atoms with van der Waals surface area (Å²) >= 11 is 1.67. The van der Waals surface area contributed by atoms with E-state index in [9.17, 15) is 8.42 Å². The Morgan fingerprint density at radius 1 is 1.18 bits per heavy atom. The average Bonchev–Trinajstić information content (AvgIpc) is 3.22. The van der Waals surface area contributed by atoms with Gasteiger partial charge in [-0.1, -0.05) is 6.92 Å². The third kappa shape index (κ3) is 3.91. The molecular formula is C20H29N3O3S2. The van der Waals surface area contributed by atoms with E-state index < -0.39 is 9.84 Å². The fourth-order valence-corrected chi connectivity index (χ4v) is 6.97. The van der Waals surface area contributed by atoms with Crippen LogP contribution in [0.25, 0.3) is 10.2 Å². The van der Waals surface area contributed by atoms with Gasteiger partial charge in [0.05, 0.1) is 11.1 Å². The molecule has 2 aliphatic carbocycles. The first-order valence-corrected chi connectivity index (χ1v) is 12.8. The van der Waals surface area contributed by atoms with Crippen molar-refractivity contribution in [3.8, 4) is 5.88 Å². The topological polar surface area (TPSA) is 72.4 Å². The number of aromatic nitrogens is 2. The van der Waals surface area contributed by atoms with Crippen molar-refractivity contribution >= 4 is 31.4 Å². The van der Waals surface area contributed by atoms with Crippen molar-refractivity contribution in [3.05, 3.63) is 16.8 Å². The highest BCUT2D eigenvalue weighted by Gasteiger charge is 2.33. The third-order valence-electron chi connectivity index (χ3n) is 6.24. The van der Waals surface area contributed by atoms with Gasteiger partial charge in [-0.2, -0.15) is 0 Å². The fraction of sp³-hybridized carbons (Fsp3) is 0.700. The van der Waals surface area contributed by atoms with E-state index >= 15 is 0 Å². The molecule has 154 valence electrons. The van der Waals surface area contributed by atoms with E-state index in [2.05, 4.69) is 29.0 Å². The van der Waals surface area contributed by atoms with E-state index in [0.29, 0.717) is 11.9 Å². The second-order valence-electron chi connectivity index (χ2n) is 8.24. The average molecular weight is 424 g/mol. The van der Waals surface area contributed by atoms with Crippen molar-refractivity contribution in [2.24, 2.45) is 0 Å². The van der Waals surface area contributed by atoms with Crippen LogP contribution in [-0.4, -0.2) is 61.0 Å². The standard InChI is InChI=1S/C20H29N3O3S2/c1-4-28(24,25)11-13-5-10-16-17(13)18-19(21-12-22-20(18)27-16)26-15-8-6-14(7-9-15)23(2)3/h12-15H,4-11H2,1-3H3. The minimum atomic E-state index is -3.03. The van der Waals surface area contributed by atoms with Crippen molar-refractivity contribution in [2.45, 2.75) is 63.5 Å². The highest BCUT2D eigenvalue weighted by Crippen LogP contribution is 2.46. The van der Waals surface area contributed by atoms with Crippen molar-refractivity contribution < 1.29 is 13.2 Å². The smallest absolute Gasteiger partial charge is 0.225 e. The van der Waals surface area contributed by atoms with Gasteiger partial charge in [0.2, 0.25) is 5.88 Å². The molecule has 1 saturated carbocycles. The summed E-state index contributed by atoms with van der Waals surface area (Å²) in [6.45, 7) is 1.72. The van der Waals surface area contributed by atoms with Gasteiger partial charge in [0.25, 0.3) is 0 Å². The third-order valence-corrected chi connectivity index (χ3v) is 9.21. The highest BCUT2D eigenvalue weighted by molar-refractivity contribution is 7.91. The first-order chi connectivity index (χ1) is 13.4. The van der Waals surface area contributed by atoms with E-state index in [1.54, 1.807) is 24.6 Å². The molecule has 0 aliphatic heterocycles. The Morgan fingerprint density at radius 2 is 1.93 bits per heavy atom. The van der Waals surface area contributed by atoms with Crippen LogP contribution in [0.1, 0.15) is 55.4 Å². The number of aryl methyl sites for hydroxylation is 1. The lowest BCUT2D eigenvalue weighted by Crippen LogP contribution is -2.35. The summed E-state index contributed by atoms with van der Waals surface area (Å²) in [7, 11) is 1.25. The van der Waals surface area contributed by atoms with Crippen LogP contribution in [0, 0.1) is 0 Å². The molecule has 0 bridgehead atoms. The van der Waals surface area contributed by atoms with Gasteiger partial charge in [0.15, 0.2) is 9.84 Å². The predicted octanol–water partition coefficient (Wildman–Crippen LogP) is 3.41. The Bertz CT molecular complexity index is 947. The van der Waals surface area contributed by atoms with E-state index in [0.717, 1.165) is 54.3 Å². The number of nitrogens with zero attached hydrogens (tertiary/aromatic N) is 3. The van der Waals surface area contributed by atoms with Crippen LogP contribution in [0.4, 0.5) is 0 Å². The molecule has 4 rings (SSSR count). The fourth-order valence-electron chi connectivity index (χ4n) is 4.56. The van der Waals surface area contributed by atoms with Gasteiger partial charge in [0, 0.05) is 22.6 Å². The number of thiophene rings is 1. The van der Waals surface area contributed by atoms with Crippen LogP contribution in [-0.2, 0) is 16.3 Å². The van der Waals surface area contributed by atoms with E-state index in [4.69, 9.17) is 4.74 Å². The molecule has 0 spiro atoms. The molecule has 0 aromatic carbocycles. The molecule has 0 N–H and O–H groups in total. The lowest BCUT2D eigenvalue weighted by Gasteiger charge is -2.32. The molecule has 28 heavy (non-hydrogen) atoms. The number of sulfone groups is 1. The SMILES string of the molecule is CCS(=O)(=O)CC1CCc2sc3ncnc(OC4CCC(N(C)C)CC4)c3c21. The van der Waals surface area contributed by atoms with Gasteiger partial charge in [-0.15, -0.1) is 11.3 Å². The van der Waals surface area contributed by atoms with Gasteiger partial charge < -0.3 is 9.64 Å². The Morgan fingerprint density at radius 3 is 2.61 bits per heavy atom. The highest BCUT2D eigenvalue weighted by atomic mass is 32.2. The van der Waals surface area contributed by atoms with Gasteiger partial charge in [-0.25, -0.2) is 18.4 Å². The molecule has 1 atom stereocenters.